The van der Waals surface area contributed by atoms with Crippen molar-refractivity contribution in [1.29, 1.82) is 0 Å². The van der Waals surface area contributed by atoms with Crippen molar-refractivity contribution in [3.63, 3.8) is 0 Å². The van der Waals surface area contributed by atoms with E-state index in [0.717, 1.165) is 0 Å². The molecule has 0 bridgehead atoms. The highest BCUT2D eigenvalue weighted by Crippen LogP contribution is 2.61. The first-order valence-corrected chi connectivity index (χ1v) is 11.1. The van der Waals surface area contributed by atoms with Crippen molar-refractivity contribution in [1.82, 2.24) is 0 Å². The van der Waals surface area contributed by atoms with Crippen LogP contribution in [0.25, 0.3) is 0 Å². The molecule has 0 atom stereocenters. The predicted molar refractivity (Wildman–Crippen MR) is 156 cm³/mol. The van der Waals surface area contributed by atoms with Crippen molar-refractivity contribution >= 4 is 119 Å². The lowest BCUT2D eigenvalue weighted by molar-refractivity contribution is 0.761. The molecule has 0 unspecified atom stereocenters. The Morgan fingerprint density at radius 1 is 0.333 bits per heavy atom. The van der Waals surface area contributed by atoms with Crippen molar-refractivity contribution in [3.05, 3.63) is 0 Å². The summed E-state index contributed by atoms with van der Waals surface area (Å²) in [5, 5.41) is 0. The highest BCUT2D eigenvalue weighted by molar-refractivity contribution is 7.75. The lowest BCUT2D eigenvalue weighted by Crippen LogP contribution is -2.12. The zero-order valence-electron chi connectivity index (χ0n) is 17.3. The number of hydrogen-bond donors (Lipinski definition) is 0. The van der Waals surface area contributed by atoms with Gasteiger partial charge in [0.1, 0.15) is 0 Å². The molecule has 0 heterocycles. The lowest BCUT2D eigenvalue weighted by atomic mass is 10.3. The van der Waals surface area contributed by atoms with Crippen LogP contribution in [0.5, 0.6) is 0 Å². The van der Waals surface area contributed by atoms with Crippen LogP contribution in [0.15, 0.2) is 0 Å². The average molecular weight is 602 g/mol. The van der Waals surface area contributed by atoms with Gasteiger partial charge in [0.2, 0.25) is 0 Å². The van der Waals surface area contributed by atoms with Crippen LogP contribution < -0.4 is 0 Å². The Kier molecular flexibility index (Phi) is 110. The number of halogens is 9. The van der Waals surface area contributed by atoms with Crippen molar-refractivity contribution in [2.45, 2.75) is 85.5 Å². The van der Waals surface area contributed by atoms with Gasteiger partial charge in [-0.3, -0.25) is 0 Å². The number of hydrogen-bond acceptors (Lipinski definition) is 0. The molecule has 0 saturated heterocycles. The Morgan fingerprint density at radius 3 is 0.778 bits per heavy atom. The van der Waals surface area contributed by atoms with Crippen molar-refractivity contribution in [2.24, 2.45) is 0 Å². The van der Waals surface area contributed by atoms with E-state index >= 15 is 0 Å². The van der Waals surface area contributed by atoms with Gasteiger partial charge in [0.05, 0.1) is 24.6 Å². The molecule has 10 heteroatoms. The molecule has 0 amide bonds. The molecular weight excluding hydrogens is 554 g/mol. The van der Waals surface area contributed by atoms with Crippen molar-refractivity contribution in [3.8, 4) is 0 Å². The molecule has 0 aromatic carbocycles. The van der Waals surface area contributed by atoms with E-state index in [-0.39, 0.29) is 112 Å². The first-order valence-electron chi connectivity index (χ1n) is 8.59. The molecule has 27 heavy (non-hydrogen) atoms. The highest BCUT2D eigenvalue weighted by Gasteiger charge is 2.34. The molecule has 0 rings (SSSR count). The van der Waals surface area contributed by atoms with E-state index in [1.165, 1.54) is 57.8 Å². The summed E-state index contributed by atoms with van der Waals surface area (Å²) >= 11 is 0. The topological polar surface area (TPSA) is 0 Å². The predicted octanol–water partition coefficient (Wildman–Crippen LogP) is 10.4. The maximum atomic E-state index is 2.36. The maximum absolute atomic E-state index is 2.36. The van der Waals surface area contributed by atoms with Gasteiger partial charge in [-0.05, 0) is 25.7 Å². The highest BCUT2D eigenvalue weighted by atomic mass is 35.5. The molecule has 0 aromatic heterocycles. The molecule has 0 aliphatic heterocycles. The van der Waals surface area contributed by atoms with Crippen molar-refractivity contribution in [2.75, 3.05) is 24.6 Å². The fourth-order valence-electron chi connectivity index (χ4n) is 2.85. The van der Waals surface area contributed by atoms with Gasteiger partial charge in [0.15, 0.2) is 0 Å². The quantitative estimate of drug-likeness (QED) is 0.146. The standard InChI is InChI=1S/C17H38P.9ClH/c1-5-9-13-17-18(14-10-6-2,15-11-7-3)16-12-8-4;;;;;;;;;/h5-17H2,1-4H3;9*1H/q+1;;;;;;;;;. The molecule has 0 fully saturated rings. The summed E-state index contributed by atoms with van der Waals surface area (Å²) in [7, 11) is -0.575. The first-order chi connectivity index (χ1) is 8.74. The van der Waals surface area contributed by atoms with Crippen LogP contribution in [-0.4, -0.2) is 24.6 Å². The van der Waals surface area contributed by atoms with Crippen LogP contribution in [0.1, 0.15) is 85.5 Å². The van der Waals surface area contributed by atoms with Crippen LogP contribution in [-0.2, 0) is 0 Å². The fraction of sp³-hybridized carbons (Fsp3) is 1.00. The van der Waals surface area contributed by atoms with E-state index in [1.54, 1.807) is 24.6 Å². The second-order valence-corrected chi connectivity index (χ2v) is 10.5. The van der Waals surface area contributed by atoms with Crippen LogP contribution in [0, 0.1) is 0 Å². The summed E-state index contributed by atoms with van der Waals surface area (Å²) in [4.78, 5) is 0. The molecule has 0 N–H and O–H groups in total. The monoisotopic (exact) mass is 597 g/mol. The molecule has 182 valence electrons. The van der Waals surface area contributed by atoms with Crippen LogP contribution in [0.4, 0.5) is 0 Å². The van der Waals surface area contributed by atoms with Crippen LogP contribution in [0.2, 0.25) is 0 Å². The van der Waals surface area contributed by atoms with E-state index in [1.807, 2.05) is 0 Å². The summed E-state index contributed by atoms with van der Waals surface area (Å²) in [6.45, 7) is 9.42. The molecule has 0 nitrogen and oxygen atoms in total. The minimum absolute atomic E-state index is 0. The molecule has 0 aromatic rings. The Morgan fingerprint density at radius 2 is 0.556 bits per heavy atom. The normalized spacial score (nSPS) is 8.00. The molecule has 0 aliphatic carbocycles. The van der Waals surface area contributed by atoms with Gasteiger partial charge in [0, 0.05) is 7.26 Å². The van der Waals surface area contributed by atoms with E-state index in [4.69, 9.17) is 0 Å². The molecule has 0 saturated carbocycles. The summed E-state index contributed by atoms with van der Waals surface area (Å²) in [5.74, 6) is 0. The SMILES string of the molecule is CCCCC[P+](CCCC)(CCCC)CCCC.Cl.Cl.Cl.Cl.Cl.Cl.Cl.Cl.Cl. The van der Waals surface area contributed by atoms with Crippen molar-refractivity contribution < 1.29 is 0 Å². The van der Waals surface area contributed by atoms with Crippen LogP contribution in [0.3, 0.4) is 0 Å². The fourth-order valence-corrected chi connectivity index (χ4v) is 8.05. The van der Waals surface area contributed by atoms with E-state index in [2.05, 4.69) is 27.7 Å². The summed E-state index contributed by atoms with van der Waals surface area (Å²) in [5.41, 5.74) is 0. The van der Waals surface area contributed by atoms with E-state index in [9.17, 15) is 0 Å². The van der Waals surface area contributed by atoms with Gasteiger partial charge in [-0.1, -0.05) is 59.8 Å². The third kappa shape index (κ3) is 36.7. The number of unbranched alkanes of at least 4 members (excludes halogenated alkanes) is 5. The van der Waals surface area contributed by atoms with E-state index in [0.29, 0.717) is 0 Å². The third-order valence-corrected chi connectivity index (χ3v) is 9.25. The Labute approximate surface area is 227 Å². The summed E-state index contributed by atoms with van der Waals surface area (Å²) in [6.07, 6.45) is 19.5. The van der Waals surface area contributed by atoms with E-state index < -0.39 is 7.26 Å². The molecular formula is C17H47Cl9P+. The maximum Gasteiger partial charge on any atom is 0.0594 e. The minimum atomic E-state index is -0.575. The van der Waals surface area contributed by atoms with Gasteiger partial charge in [-0.15, -0.1) is 112 Å². The first kappa shape index (κ1) is 63.1. The van der Waals surface area contributed by atoms with Gasteiger partial charge in [0.25, 0.3) is 0 Å². The zero-order chi connectivity index (χ0) is 13.7. The number of rotatable bonds is 13. The Balaban J connectivity index is -0.0000000401. The smallest absolute Gasteiger partial charge is 0.0594 e. The second kappa shape index (κ2) is 47.0. The second-order valence-electron chi connectivity index (χ2n) is 6.00. The van der Waals surface area contributed by atoms with Gasteiger partial charge >= 0.3 is 0 Å². The average Bonchev–Trinajstić information content (AvgIpc) is 2.40. The Hall–Kier alpha value is 3.04. The third-order valence-electron chi connectivity index (χ3n) is 4.19. The van der Waals surface area contributed by atoms with Crippen LogP contribution >= 0.6 is 119 Å². The largest absolute Gasteiger partial charge is 0.147 e. The molecule has 0 aliphatic rings. The summed E-state index contributed by atoms with van der Waals surface area (Å²) < 4.78 is 0. The Bertz CT molecular complexity index is 168. The lowest BCUT2D eigenvalue weighted by Gasteiger charge is -2.28. The molecule has 0 spiro atoms. The van der Waals surface area contributed by atoms with Gasteiger partial charge < -0.3 is 0 Å². The molecule has 0 radical (unpaired) electrons. The summed E-state index contributed by atoms with van der Waals surface area (Å²) in [6, 6.07) is 0. The minimum Gasteiger partial charge on any atom is -0.147 e. The van der Waals surface area contributed by atoms with Gasteiger partial charge in [-0.2, -0.15) is 0 Å². The van der Waals surface area contributed by atoms with Gasteiger partial charge in [-0.25, -0.2) is 0 Å². The zero-order valence-corrected chi connectivity index (χ0v) is 25.6.